The molecule has 1 N–H and O–H groups in total. The minimum Gasteiger partial charge on any atom is -0.312 e. The SMILES string of the molecule is Cc1ccc(N2CCCC2=O)cc1S(=O)(=O)NC1(c2ccccc2F)CC1. The second-order valence-electron chi connectivity index (χ2n) is 7.27. The quantitative estimate of drug-likeness (QED) is 0.855. The molecule has 1 saturated heterocycles. The van der Waals surface area contributed by atoms with Gasteiger partial charge >= 0.3 is 0 Å². The minimum absolute atomic E-state index is 0.000167. The topological polar surface area (TPSA) is 66.5 Å². The molecule has 0 aromatic heterocycles. The van der Waals surface area contributed by atoms with Gasteiger partial charge in [-0.3, -0.25) is 4.79 Å². The molecule has 0 bridgehead atoms. The van der Waals surface area contributed by atoms with Crippen LogP contribution in [0.25, 0.3) is 0 Å². The molecular formula is C20H21FN2O3S. The smallest absolute Gasteiger partial charge is 0.241 e. The lowest BCUT2D eigenvalue weighted by Crippen LogP contribution is -2.36. The number of nitrogens with zero attached hydrogens (tertiary/aromatic N) is 1. The molecule has 1 amide bonds. The zero-order valence-electron chi connectivity index (χ0n) is 15.0. The van der Waals surface area contributed by atoms with Gasteiger partial charge in [-0.05, 0) is 49.9 Å². The Bertz CT molecular complexity index is 1020. The lowest BCUT2D eigenvalue weighted by molar-refractivity contribution is -0.117. The highest BCUT2D eigenvalue weighted by Gasteiger charge is 2.49. The number of amides is 1. The van der Waals surface area contributed by atoms with Gasteiger partial charge in [0.1, 0.15) is 5.82 Å². The third kappa shape index (κ3) is 3.26. The molecule has 0 unspecified atom stereocenters. The fraction of sp³-hybridized carbons (Fsp3) is 0.350. The monoisotopic (exact) mass is 388 g/mol. The molecule has 2 aromatic rings. The van der Waals surface area contributed by atoms with Gasteiger partial charge in [0.05, 0.1) is 10.4 Å². The van der Waals surface area contributed by atoms with E-state index in [0.717, 1.165) is 6.42 Å². The van der Waals surface area contributed by atoms with Crippen molar-refractivity contribution in [2.24, 2.45) is 0 Å². The largest absolute Gasteiger partial charge is 0.312 e. The van der Waals surface area contributed by atoms with Crippen molar-refractivity contribution in [1.82, 2.24) is 4.72 Å². The number of carbonyl (C=O) groups is 1. The summed E-state index contributed by atoms with van der Waals surface area (Å²) >= 11 is 0. The van der Waals surface area contributed by atoms with Crippen molar-refractivity contribution < 1.29 is 17.6 Å². The van der Waals surface area contributed by atoms with Crippen molar-refractivity contribution in [3.05, 3.63) is 59.4 Å². The Hall–Kier alpha value is -2.25. The first-order valence-electron chi connectivity index (χ1n) is 9.02. The maximum Gasteiger partial charge on any atom is 0.241 e. The average Bonchev–Trinajstić information content (AvgIpc) is 3.26. The molecule has 0 spiro atoms. The first-order chi connectivity index (χ1) is 12.8. The van der Waals surface area contributed by atoms with E-state index in [1.165, 1.54) is 12.1 Å². The van der Waals surface area contributed by atoms with E-state index in [9.17, 15) is 17.6 Å². The van der Waals surface area contributed by atoms with Crippen molar-refractivity contribution >= 4 is 21.6 Å². The molecule has 2 aromatic carbocycles. The van der Waals surface area contributed by atoms with E-state index in [0.29, 0.717) is 42.6 Å². The average molecular weight is 388 g/mol. The first kappa shape index (κ1) is 18.1. The van der Waals surface area contributed by atoms with Crippen molar-refractivity contribution in [3.63, 3.8) is 0 Å². The standard InChI is InChI=1S/C20H21FN2O3S/c1-14-8-9-15(23-12-4-7-19(23)24)13-18(14)27(25,26)22-20(10-11-20)16-5-2-3-6-17(16)21/h2-3,5-6,8-9,13,22H,4,7,10-12H2,1H3. The summed E-state index contributed by atoms with van der Waals surface area (Å²) in [4.78, 5) is 13.7. The van der Waals surface area contributed by atoms with Crippen LogP contribution in [0, 0.1) is 12.7 Å². The van der Waals surface area contributed by atoms with Gasteiger partial charge in [0.15, 0.2) is 0 Å². The minimum atomic E-state index is -3.88. The zero-order valence-corrected chi connectivity index (χ0v) is 15.9. The third-order valence-electron chi connectivity index (χ3n) is 5.32. The number of hydrogen-bond donors (Lipinski definition) is 1. The van der Waals surface area contributed by atoms with E-state index < -0.39 is 21.4 Å². The number of rotatable bonds is 5. The molecular weight excluding hydrogens is 367 g/mol. The Kier molecular flexibility index (Phi) is 4.31. The molecule has 5 nitrogen and oxygen atoms in total. The van der Waals surface area contributed by atoms with Gasteiger partial charge < -0.3 is 4.90 Å². The molecule has 7 heteroatoms. The highest BCUT2D eigenvalue weighted by molar-refractivity contribution is 7.89. The van der Waals surface area contributed by atoms with Crippen LogP contribution in [-0.4, -0.2) is 20.9 Å². The number of sulfonamides is 1. The molecule has 2 aliphatic rings. The van der Waals surface area contributed by atoms with Crippen LogP contribution >= 0.6 is 0 Å². The van der Waals surface area contributed by atoms with E-state index in [2.05, 4.69) is 4.72 Å². The normalized spacial score (nSPS) is 18.7. The first-order valence-corrected chi connectivity index (χ1v) is 10.5. The second-order valence-corrected chi connectivity index (χ2v) is 8.92. The summed E-state index contributed by atoms with van der Waals surface area (Å²) in [5.41, 5.74) is 0.648. The van der Waals surface area contributed by atoms with Crippen LogP contribution < -0.4 is 9.62 Å². The fourth-order valence-electron chi connectivity index (χ4n) is 3.68. The molecule has 2 fully saturated rings. The van der Waals surface area contributed by atoms with Gasteiger partial charge in [0.25, 0.3) is 0 Å². The molecule has 142 valence electrons. The molecule has 1 heterocycles. The Morgan fingerprint density at radius 3 is 2.52 bits per heavy atom. The predicted molar refractivity (Wildman–Crippen MR) is 100 cm³/mol. The Morgan fingerprint density at radius 1 is 1.15 bits per heavy atom. The highest BCUT2D eigenvalue weighted by atomic mass is 32.2. The predicted octanol–water partition coefficient (Wildman–Crippen LogP) is 3.23. The summed E-state index contributed by atoms with van der Waals surface area (Å²) in [5.74, 6) is -0.411. The molecule has 4 rings (SSSR count). The van der Waals surface area contributed by atoms with Crippen LogP contribution in [0.5, 0.6) is 0 Å². The van der Waals surface area contributed by atoms with Crippen LogP contribution in [-0.2, 0) is 20.4 Å². The van der Waals surface area contributed by atoms with Gasteiger partial charge in [-0.2, -0.15) is 0 Å². The van der Waals surface area contributed by atoms with E-state index >= 15 is 0 Å². The number of halogens is 1. The van der Waals surface area contributed by atoms with Crippen LogP contribution in [0.4, 0.5) is 10.1 Å². The molecule has 0 radical (unpaired) electrons. The van der Waals surface area contributed by atoms with Crippen molar-refractivity contribution in [1.29, 1.82) is 0 Å². The fourth-order valence-corrected chi connectivity index (χ4v) is 5.39. The highest BCUT2D eigenvalue weighted by Crippen LogP contribution is 2.47. The molecule has 0 atom stereocenters. The van der Waals surface area contributed by atoms with E-state index in [-0.39, 0.29) is 10.8 Å². The van der Waals surface area contributed by atoms with E-state index in [1.54, 1.807) is 42.2 Å². The Balaban J connectivity index is 1.68. The lowest BCUT2D eigenvalue weighted by Gasteiger charge is -2.21. The van der Waals surface area contributed by atoms with E-state index in [1.807, 2.05) is 0 Å². The van der Waals surface area contributed by atoms with Gasteiger partial charge in [-0.15, -0.1) is 0 Å². The Morgan fingerprint density at radius 2 is 1.89 bits per heavy atom. The van der Waals surface area contributed by atoms with Crippen molar-refractivity contribution in [2.45, 2.75) is 43.0 Å². The molecule has 1 aliphatic heterocycles. The number of nitrogens with one attached hydrogen (secondary N) is 1. The molecule has 1 aliphatic carbocycles. The van der Waals surface area contributed by atoms with Gasteiger partial charge in [-0.1, -0.05) is 24.3 Å². The van der Waals surface area contributed by atoms with Crippen LogP contribution in [0.15, 0.2) is 47.4 Å². The molecule has 27 heavy (non-hydrogen) atoms. The lowest BCUT2D eigenvalue weighted by atomic mass is 10.1. The number of carbonyl (C=O) groups excluding carboxylic acids is 1. The number of hydrogen-bond acceptors (Lipinski definition) is 3. The van der Waals surface area contributed by atoms with Gasteiger partial charge in [0, 0.05) is 24.2 Å². The van der Waals surface area contributed by atoms with E-state index in [4.69, 9.17) is 0 Å². The van der Waals surface area contributed by atoms with Crippen molar-refractivity contribution in [2.75, 3.05) is 11.4 Å². The summed E-state index contributed by atoms with van der Waals surface area (Å²) in [6.45, 7) is 2.31. The van der Waals surface area contributed by atoms with Crippen LogP contribution in [0.1, 0.15) is 36.8 Å². The maximum absolute atomic E-state index is 14.2. The molecule has 1 saturated carbocycles. The van der Waals surface area contributed by atoms with Crippen LogP contribution in [0.2, 0.25) is 0 Å². The second kappa shape index (κ2) is 6.42. The number of aryl methyl sites for hydroxylation is 1. The van der Waals surface area contributed by atoms with Gasteiger partial charge in [0.2, 0.25) is 15.9 Å². The third-order valence-corrected chi connectivity index (χ3v) is 6.99. The Labute approximate surface area is 158 Å². The maximum atomic E-state index is 14.2. The summed E-state index contributed by atoms with van der Waals surface area (Å²) in [7, 11) is -3.88. The number of anilines is 1. The zero-order chi connectivity index (χ0) is 19.2. The number of benzene rings is 2. The van der Waals surface area contributed by atoms with Crippen LogP contribution in [0.3, 0.4) is 0 Å². The summed E-state index contributed by atoms with van der Waals surface area (Å²) in [5, 5.41) is 0. The van der Waals surface area contributed by atoms with Crippen molar-refractivity contribution in [3.8, 4) is 0 Å². The van der Waals surface area contributed by atoms with Gasteiger partial charge in [-0.25, -0.2) is 17.5 Å². The summed E-state index contributed by atoms with van der Waals surface area (Å²) < 4.78 is 43.1. The summed E-state index contributed by atoms with van der Waals surface area (Å²) in [6, 6.07) is 11.3. The summed E-state index contributed by atoms with van der Waals surface area (Å²) in [6.07, 6.45) is 2.35.